The summed E-state index contributed by atoms with van der Waals surface area (Å²) in [7, 11) is 0. The third kappa shape index (κ3) is 0.724. The second-order valence-electron chi connectivity index (χ2n) is 4.01. The van der Waals surface area contributed by atoms with Crippen LogP contribution in [0.4, 0.5) is 0 Å². The Morgan fingerprint density at radius 3 is 2.17 bits per heavy atom. The Balaban J connectivity index is 2.21. The smallest absolute Gasteiger partial charge is 0.310 e. The fraction of sp³-hybridized carbons (Fsp3) is 0.889. The topological polar surface area (TPSA) is 46.5 Å². The van der Waals surface area contributed by atoms with Gasteiger partial charge in [0, 0.05) is 5.41 Å². The van der Waals surface area contributed by atoms with Gasteiger partial charge in [0.2, 0.25) is 0 Å². The number of carbonyl (C=O) groups is 1. The number of hydrogen-bond donors (Lipinski definition) is 1. The van der Waals surface area contributed by atoms with E-state index in [2.05, 4.69) is 6.92 Å². The van der Waals surface area contributed by atoms with E-state index in [4.69, 9.17) is 9.84 Å². The molecular formula is C9H14O3. The molecule has 0 aromatic carbocycles. The van der Waals surface area contributed by atoms with Crippen LogP contribution in [0.5, 0.6) is 0 Å². The van der Waals surface area contributed by atoms with E-state index >= 15 is 0 Å². The van der Waals surface area contributed by atoms with Crippen molar-refractivity contribution < 1.29 is 14.6 Å². The van der Waals surface area contributed by atoms with Crippen LogP contribution in [0.3, 0.4) is 0 Å². The van der Waals surface area contributed by atoms with Gasteiger partial charge in [0.15, 0.2) is 0 Å². The Kier molecular flexibility index (Phi) is 1.49. The zero-order valence-corrected chi connectivity index (χ0v) is 7.30. The van der Waals surface area contributed by atoms with Crippen molar-refractivity contribution in [1.82, 2.24) is 0 Å². The molecule has 0 aromatic heterocycles. The highest BCUT2D eigenvalue weighted by atomic mass is 16.5. The first-order valence-electron chi connectivity index (χ1n) is 4.48. The molecule has 0 unspecified atom stereocenters. The minimum atomic E-state index is -0.618. The van der Waals surface area contributed by atoms with Crippen LogP contribution in [-0.4, -0.2) is 24.3 Å². The van der Waals surface area contributed by atoms with Crippen molar-refractivity contribution in [3.05, 3.63) is 0 Å². The van der Waals surface area contributed by atoms with Gasteiger partial charge in [-0.3, -0.25) is 4.79 Å². The van der Waals surface area contributed by atoms with E-state index in [0.29, 0.717) is 13.2 Å². The lowest BCUT2D eigenvalue weighted by atomic mass is 9.69. The van der Waals surface area contributed by atoms with Crippen LogP contribution in [-0.2, 0) is 9.53 Å². The van der Waals surface area contributed by atoms with Gasteiger partial charge in [0.25, 0.3) is 0 Å². The highest BCUT2D eigenvalue weighted by Gasteiger charge is 2.66. The molecule has 68 valence electrons. The summed E-state index contributed by atoms with van der Waals surface area (Å²) in [5, 5.41) is 9.08. The van der Waals surface area contributed by atoms with E-state index < -0.39 is 11.4 Å². The number of hydrogen-bond acceptors (Lipinski definition) is 2. The van der Waals surface area contributed by atoms with E-state index in [9.17, 15) is 4.79 Å². The van der Waals surface area contributed by atoms with Crippen LogP contribution >= 0.6 is 0 Å². The Morgan fingerprint density at radius 2 is 2.08 bits per heavy atom. The zero-order chi connectivity index (χ0) is 8.82. The number of aliphatic carboxylic acids is 1. The molecule has 2 rings (SSSR count). The molecule has 1 saturated carbocycles. The number of rotatable bonds is 3. The monoisotopic (exact) mass is 170 g/mol. The van der Waals surface area contributed by atoms with Gasteiger partial charge in [0.05, 0.1) is 18.6 Å². The lowest BCUT2D eigenvalue weighted by Gasteiger charge is -2.45. The van der Waals surface area contributed by atoms with Crippen molar-refractivity contribution in [1.29, 1.82) is 0 Å². The summed E-state index contributed by atoms with van der Waals surface area (Å²) in [6.07, 6.45) is 2.62. The quantitative estimate of drug-likeness (QED) is 0.694. The third-order valence-electron chi connectivity index (χ3n) is 3.61. The molecular weight excluding hydrogens is 156 g/mol. The van der Waals surface area contributed by atoms with Gasteiger partial charge >= 0.3 is 5.97 Å². The fourth-order valence-corrected chi connectivity index (χ4v) is 2.26. The van der Waals surface area contributed by atoms with Crippen LogP contribution in [0.15, 0.2) is 0 Å². The predicted octanol–water partition coefficient (Wildman–Crippen LogP) is 1.28. The van der Waals surface area contributed by atoms with Crippen molar-refractivity contribution in [2.24, 2.45) is 10.8 Å². The summed E-state index contributed by atoms with van der Waals surface area (Å²) in [5.74, 6) is -0.618. The second-order valence-corrected chi connectivity index (χ2v) is 4.01. The third-order valence-corrected chi connectivity index (χ3v) is 3.61. The summed E-state index contributed by atoms with van der Waals surface area (Å²) in [5.41, 5.74) is -0.446. The Labute approximate surface area is 71.7 Å². The minimum absolute atomic E-state index is 0.0289. The molecule has 1 aliphatic heterocycles. The van der Waals surface area contributed by atoms with Crippen molar-refractivity contribution in [2.45, 2.75) is 26.2 Å². The summed E-state index contributed by atoms with van der Waals surface area (Å²) < 4.78 is 5.14. The molecule has 1 aliphatic carbocycles. The first-order chi connectivity index (χ1) is 5.67. The van der Waals surface area contributed by atoms with Gasteiger partial charge in [-0.15, -0.1) is 0 Å². The summed E-state index contributed by atoms with van der Waals surface area (Å²) >= 11 is 0. The average Bonchev–Trinajstić information content (AvgIpc) is 2.67. The predicted molar refractivity (Wildman–Crippen MR) is 42.8 cm³/mol. The van der Waals surface area contributed by atoms with Gasteiger partial charge < -0.3 is 9.84 Å². The normalized spacial score (nSPS) is 29.1. The average molecular weight is 170 g/mol. The minimum Gasteiger partial charge on any atom is -0.481 e. The van der Waals surface area contributed by atoms with Crippen molar-refractivity contribution in [3.63, 3.8) is 0 Å². The zero-order valence-electron chi connectivity index (χ0n) is 7.30. The number of carboxylic acids is 1. The van der Waals surface area contributed by atoms with Crippen LogP contribution in [0.2, 0.25) is 0 Å². The molecule has 0 amide bonds. The van der Waals surface area contributed by atoms with Crippen LogP contribution < -0.4 is 0 Å². The largest absolute Gasteiger partial charge is 0.481 e. The van der Waals surface area contributed by atoms with E-state index in [1.165, 1.54) is 0 Å². The van der Waals surface area contributed by atoms with Gasteiger partial charge in [-0.05, 0) is 19.3 Å². The fourth-order valence-electron chi connectivity index (χ4n) is 2.26. The van der Waals surface area contributed by atoms with Crippen LogP contribution in [0.1, 0.15) is 26.2 Å². The summed E-state index contributed by atoms with van der Waals surface area (Å²) in [6, 6.07) is 0. The van der Waals surface area contributed by atoms with Crippen molar-refractivity contribution >= 4 is 5.97 Å². The second kappa shape index (κ2) is 2.22. The Morgan fingerprint density at radius 1 is 1.50 bits per heavy atom. The first kappa shape index (κ1) is 8.05. The van der Waals surface area contributed by atoms with E-state index in [0.717, 1.165) is 19.3 Å². The van der Waals surface area contributed by atoms with Crippen molar-refractivity contribution in [2.75, 3.05) is 13.2 Å². The maximum absolute atomic E-state index is 11.0. The first-order valence-corrected chi connectivity index (χ1v) is 4.48. The maximum Gasteiger partial charge on any atom is 0.310 e. The van der Waals surface area contributed by atoms with E-state index in [1.807, 2.05) is 0 Å². The molecule has 1 saturated heterocycles. The molecule has 0 bridgehead atoms. The molecule has 2 fully saturated rings. The molecule has 2 aliphatic rings. The van der Waals surface area contributed by atoms with E-state index in [-0.39, 0.29) is 5.41 Å². The number of carboxylic acid groups (broad SMARTS) is 1. The molecule has 0 radical (unpaired) electrons. The molecule has 0 atom stereocenters. The summed E-state index contributed by atoms with van der Waals surface area (Å²) in [6.45, 7) is 3.36. The van der Waals surface area contributed by atoms with Gasteiger partial charge in [-0.2, -0.15) is 0 Å². The Hall–Kier alpha value is -0.570. The molecule has 0 aromatic rings. The molecule has 3 heteroatoms. The lowest BCUT2D eigenvalue weighted by Crippen LogP contribution is -2.52. The summed E-state index contributed by atoms with van der Waals surface area (Å²) in [4.78, 5) is 11.0. The standard InChI is InChI=1S/C9H14O3/c1-2-8(5-12-6-8)9(3-4-9)7(10)11/h2-6H2,1H3,(H,10,11). The Bertz CT molecular complexity index is 208. The van der Waals surface area contributed by atoms with Crippen LogP contribution in [0.25, 0.3) is 0 Å². The van der Waals surface area contributed by atoms with Gasteiger partial charge in [-0.25, -0.2) is 0 Å². The highest BCUT2D eigenvalue weighted by molar-refractivity contribution is 5.79. The van der Waals surface area contributed by atoms with E-state index in [1.54, 1.807) is 0 Å². The molecule has 3 nitrogen and oxygen atoms in total. The van der Waals surface area contributed by atoms with Crippen molar-refractivity contribution in [3.8, 4) is 0 Å². The maximum atomic E-state index is 11.0. The van der Waals surface area contributed by atoms with Crippen LogP contribution in [0, 0.1) is 10.8 Å². The van der Waals surface area contributed by atoms with Gasteiger partial charge in [0.1, 0.15) is 0 Å². The molecule has 0 spiro atoms. The molecule has 1 N–H and O–H groups in total. The van der Waals surface area contributed by atoms with Gasteiger partial charge in [-0.1, -0.05) is 6.92 Å². The molecule has 12 heavy (non-hydrogen) atoms. The number of ether oxygens (including phenoxy) is 1. The lowest BCUT2D eigenvalue weighted by molar-refractivity contribution is -0.183. The molecule has 1 heterocycles. The SMILES string of the molecule is CCC1(C2(C(=O)O)CC2)COC1. The highest BCUT2D eigenvalue weighted by Crippen LogP contribution is 2.63.